The van der Waals surface area contributed by atoms with Gasteiger partial charge in [-0.25, -0.2) is 13.1 Å². The van der Waals surface area contributed by atoms with E-state index in [1.54, 1.807) is 0 Å². The van der Waals surface area contributed by atoms with E-state index in [-0.39, 0.29) is 9.88 Å². The number of nitrogens with zero attached hydrogens (tertiary/aromatic N) is 1. The normalized spacial score (nSPS) is 11.7. The van der Waals surface area contributed by atoms with Gasteiger partial charge in [-0.2, -0.15) is 0 Å². The van der Waals surface area contributed by atoms with E-state index in [2.05, 4.69) is 9.71 Å². The summed E-state index contributed by atoms with van der Waals surface area (Å²) in [6.07, 6.45) is 3.15. The molecule has 0 radical (unpaired) electrons. The molecule has 0 amide bonds. The van der Waals surface area contributed by atoms with Gasteiger partial charge in [0.1, 0.15) is 9.88 Å². The van der Waals surface area contributed by atoms with Crippen LogP contribution >= 0.6 is 12.2 Å². The topological polar surface area (TPSA) is 85.1 Å². The molecule has 0 aromatic carbocycles. The smallest absolute Gasteiger partial charge is 0.242 e. The van der Waals surface area contributed by atoms with E-state index in [9.17, 15) is 8.42 Å². The first-order valence-corrected chi connectivity index (χ1v) is 8.05. The standard InChI is InChI=1S/C12H19N3O2S2/c1-3-9(4-2)7-15-19(16,17)10-5-6-11(12(13)18)14-8-10/h5-6,8-9,15H,3-4,7H2,1-2H3,(H2,13,18). The van der Waals surface area contributed by atoms with E-state index in [1.807, 2.05) is 13.8 Å². The minimum absolute atomic E-state index is 0.124. The average Bonchev–Trinajstić information content (AvgIpc) is 2.40. The molecular weight excluding hydrogens is 282 g/mol. The lowest BCUT2D eigenvalue weighted by atomic mass is 10.0. The maximum atomic E-state index is 12.0. The predicted molar refractivity (Wildman–Crippen MR) is 79.4 cm³/mol. The Morgan fingerprint density at radius 2 is 2.05 bits per heavy atom. The summed E-state index contributed by atoms with van der Waals surface area (Å²) >= 11 is 4.77. The van der Waals surface area contributed by atoms with Gasteiger partial charge in [-0.1, -0.05) is 38.9 Å². The molecule has 1 rings (SSSR count). The van der Waals surface area contributed by atoms with Gasteiger partial charge in [0.25, 0.3) is 0 Å². The number of rotatable bonds is 7. The molecule has 0 aliphatic carbocycles. The van der Waals surface area contributed by atoms with Crippen LogP contribution in [0, 0.1) is 5.92 Å². The molecule has 0 aliphatic rings. The lowest BCUT2D eigenvalue weighted by Gasteiger charge is -2.13. The zero-order valence-corrected chi connectivity index (χ0v) is 12.7. The highest BCUT2D eigenvalue weighted by molar-refractivity contribution is 7.89. The number of nitrogens with two attached hydrogens (primary N) is 1. The number of nitrogens with one attached hydrogen (secondary N) is 1. The van der Waals surface area contributed by atoms with Crippen LogP contribution in [0.1, 0.15) is 32.4 Å². The molecule has 1 aromatic heterocycles. The molecule has 0 spiro atoms. The highest BCUT2D eigenvalue weighted by Crippen LogP contribution is 2.11. The van der Waals surface area contributed by atoms with E-state index < -0.39 is 10.0 Å². The van der Waals surface area contributed by atoms with Crippen molar-refractivity contribution in [2.24, 2.45) is 11.7 Å². The molecule has 0 saturated heterocycles. The molecule has 7 heteroatoms. The first-order chi connectivity index (χ1) is 8.90. The third kappa shape index (κ3) is 4.52. The summed E-state index contributed by atoms with van der Waals surface area (Å²) in [4.78, 5) is 4.20. The van der Waals surface area contributed by atoms with Gasteiger partial charge in [0.15, 0.2) is 0 Å². The first kappa shape index (κ1) is 16.0. The summed E-state index contributed by atoms with van der Waals surface area (Å²) < 4.78 is 26.7. The van der Waals surface area contributed by atoms with Crippen LogP contribution in [0.15, 0.2) is 23.2 Å². The third-order valence-corrected chi connectivity index (χ3v) is 4.63. The number of sulfonamides is 1. The molecular formula is C12H19N3O2S2. The van der Waals surface area contributed by atoms with E-state index in [4.69, 9.17) is 18.0 Å². The molecule has 0 unspecified atom stereocenters. The number of pyridine rings is 1. The minimum Gasteiger partial charge on any atom is -0.388 e. The molecule has 0 aliphatic heterocycles. The molecule has 0 bridgehead atoms. The van der Waals surface area contributed by atoms with Gasteiger partial charge >= 0.3 is 0 Å². The van der Waals surface area contributed by atoms with Gasteiger partial charge in [-0.3, -0.25) is 4.98 Å². The number of thiocarbonyl (C=S) groups is 1. The van der Waals surface area contributed by atoms with Gasteiger partial charge in [0.2, 0.25) is 10.0 Å². The van der Waals surface area contributed by atoms with Gasteiger partial charge in [-0.15, -0.1) is 0 Å². The second-order valence-corrected chi connectivity index (χ2v) is 6.48. The van der Waals surface area contributed by atoms with Gasteiger partial charge in [0, 0.05) is 12.7 Å². The average molecular weight is 301 g/mol. The van der Waals surface area contributed by atoms with Crippen LogP contribution in [-0.4, -0.2) is 24.9 Å². The van der Waals surface area contributed by atoms with Crippen LogP contribution in [0.4, 0.5) is 0 Å². The van der Waals surface area contributed by atoms with Crippen molar-refractivity contribution < 1.29 is 8.42 Å². The summed E-state index contributed by atoms with van der Waals surface area (Å²) in [5.74, 6) is 0.346. The first-order valence-electron chi connectivity index (χ1n) is 6.16. The van der Waals surface area contributed by atoms with Crippen LogP contribution in [0.3, 0.4) is 0 Å². The van der Waals surface area contributed by atoms with Crippen molar-refractivity contribution in [3.8, 4) is 0 Å². The zero-order valence-electron chi connectivity index (χ0n) is 11.1. The van der Waals surface area contributed by atoms with Crippen molar-refractivity contribution in [2.45, 2.75) is 31.6 Å². The Balaban J connectivity index is 2.80. The quantitative estimate of drug-likeness (QED) is 0.744. The van der Waals surface area contributed by atoms with Crippen molar-refractivity contribution in [1.29, 1.82) is 0 Å². The molecule has 0 atom stereocenters. The number of hydrogen-bond acceptors (Lipinski definition) is 4. The summed E-state index contributed by atoms with van der Waals surface area (Å²) in [6, 6.07) is 2.96. The van der Waals surface area contributed by atoms with E-state index in [0.29, 0.717) is 18.2 Å². The molecule has 19 heavy (non-hydrogen) atoms. The molecule has 106 valence electrons. The fraction of sp³-hybridized carbons (Fsp3) is 0.500. The second-order valence-electron chi connectivity index (χ2n) is 4.28. The monoisotopic (exact) mass is 301 g/mol. The zero-order chi connectivity index (χ0) is 14.5. The van der Waals surface area contributed by atoms with Crippen molar-refractivity contribution in [3.05, 3.63) is 24.0 Å². The molecule has 3 N–H and O–H groups in total. The Labute approximate surface area is 119 Å². The summed E-state index contributed by atoms with van der Waals surface area (Å²) in [6.45, 7) is 4.52. The van der Waals surface area contributed by atoms with Crippen LogP contribution in [0.25, 0.3) is 0 Å². The highest BCUT2D eigenvalue weighted by Gasteiger charge is 2.16. The minimum atomic E-state index is -3.51. The van der Waals surface area contributed by atoms with Crippen molar-refractivity contribution in [1.82, 2.24) is 9.71 Å². The molecule has 0 saturated carbocycles. The molecule has 1 heterocycles. The largest absolute Gasteiger partial charge is 0.388 e. The third-order valence-electron chi connectivity index (χ3n) is 3.02. The van der Waals surface area contributed by atoms with E-state index in [0.717, 1.165) is 12.8 Å². The Bertz CT molecular complexity index is 522. The van der Waals surface area contributed by atoms with Crippen LogP contribution in [-0.2, 0) is 10.0 Å². The van der Waals surface area contributed by atoms with Gasteiger partial charge in [0.05, 0.1) is 5.69 Å². The fourth-order valence-corrected chi connectivity index (χ4v) is 2.75. The Morgan fingerprint density at radius 1 is 1.42 bits per heavy atom. The van der Waals surface area contributed by atoms with Gasteiger partial charge in [-0.05, 0) is 18.1 Å². The Morgan fingerprint density at radius 3 is 2.47 bits per heavy atom. The molecule has 1 aromatic rings. The Hall–Kier alpha value is -1.05. The van der Waals surface area contributed by atoms with Crippen LogP contribution in [0.5, 0.6) is 0 Å². The maximum absolute atomic E-state index is 12.0. The Kier molecular flexibility index (Phi) is 5.84. The van der Waals surface area contributed by atoms with Crippen molar-refractivity contribution in [2.75, 3.05) is 6.54 Å². The van der Waals surface area contributed by atoms with E-state index >= 15 is 0 Å². The lowest BCUT2D eigenvalue weighted by molar-refractivity contribution is 0.479. The number of aromatic nitrogens is 1. The summed E-state index contributed by atoms with van der Waals surface area (Å²) in [5.41, 5.74) is 5.82. The summed E-state index contributed by atoms with van der Waals surface area (Å²) in [7, 11) is -3.51. The van der Waals surface area contributed by atoms with Crippen LogP contribution < -0.4 is 10.5 Å². The van der Waals surface area contributed by atoms with Crippen molar-refractivity contribution >= 4 is 27.2 Å². The SMILES string of the molecule is CCC(CC)CNS(=O)(=O)c1ccc(C(N)=S)nc1. The predicted octanol–water partition coefficient (Wildman–Crippen LogP) is 1.43. The molecule has 0 fully saturated rings. The van der Waals surface area contributed by atoms with E-state index in [1.165, 1.54) is 18.3 Å². The fourth-order valence-electron chi connectivity index (χ4n) is 1.57. The molecule has 5 nitrogen and oxygen atoms in total. The van der Waals surface area contributed by atoms with Crippen LogP contribution in [0.2, 0.25) is 0 Å². The highest BCUT2D eigenvalue weighted by atomic mass is 32.2. The lowest BCUT2D eigenvalue weighted by Crippen LogP contribution is -2.29. The van der Waals surface area contributed by atoms with Crippen molar-refractivity contribution in [3.63, 3.8) is 0 Å². The second kappa shape index (κ2) is 6.93. The number of hydrogen-bond donors (Lipinski definition) is 2. The maximum Gasteiger partial charge on any atom is 0.242 e. The summed E-state index contributed by atoms with van der Waals surface area (Å²) in [5, 5.41) is 0. The van der Waals surface area contributed by atoms with Gasteiger partial charge < -0.3 is 5.73 Å².